The number of aryl methyl sites for hydroxylation is 2. The Morgan fingerprint density at radius 1 is 1.18 bits per heavy atom. The second-order valence-corrected chi connectivity index (χ2v) is 6.20. The van der Waals surface area contributed by atoms with Crippen molar-refractivity contribution < 1.29 is 37.4 Å². The number of nitrogens with zero attached hydrogens (tertiary/aromatic N) is 2. The van der Waals surface area contributed by atoms with Crippen molar-refractivity contribution in [1.82, 2.24) is 9.78 Å². The van der Waals surface area contributed by atoms with Crippen LogP contribution in [-0.4, -0.2) is 16.4 Å². The summed E-state index contributed by atoms with van der Waals surface area (Å²) in [7, 11) is 0. The molecule has 2 aromatic rings. The molecule has 1 aromatic heterocycles. The molecule has 5 heteroatoms. The predicted molar refractivity (Wildman–Crippen MR) is 115 cm³/mol. The van der Waals surface area contributed by atoms with E-state index < -0.39 is 0 Å². The van der Waals surface area contributed by atoms with Gasteiger partial charge >= 0.3 is 0 Å². The fraction of sp³-hybridized carbons (Fsp3) is 0.435. The van der Waals surface area contributed by atoms with E-state index in [-0.39, 0.29) is 52.3 Å². The second-order valence-electron chi connectivity index (χ2n) is 6.20. The predicted octanol–water partition coefficient (Wildman–Crippen LogP) is 5.06. The molecule has 0 amide bonds. The molecule has 0 N–H and O–H groups in total. The van der Waals surface area contributed by atoms with Crippen LogP contribution < -0.4 is 10.3 Å². The van der Waals surface area contributed by atoms with Gasteiger partial charge in [0.05, 0.1) is 5.56 Å². The summed E-state index contributed by atoms with van der Waals surface area (Å²) in [6.07, 6.45) is 0. The Morgan fingerprint density at radius 2 is 1.79 bits per heavy atom. The van der Waals surface area contributed by atoms with Crippen molar-refractivity contribution in [3.63, 3.8) is 0 Å². The summed E-state index contributed by atoms with van der Waals surface area (Å²) in [5.74, 6) is 6.53. The first-order valence-corrected chi connectivity index (χ1v) is 9.15. The Labute approximate surface area is 196 Å². The summed E-state index contributed by atoms with van der Waals surface area (Å²) in [6, 6.07) is 7.83. The van der Waals surface area contributed by atoms with Crippen molar-refractivity contribution in [2.45, 2.75) is 55.0 Å². The summed E-state index contributed by atoms with van der Waals surface area (Å²) < 4.78 is 7.35. The van der Waals surface area contributed by atoms with E-state index in [0.29, 0.717) is 29.5 Å². The van der Waals surface area contributed by atoms with Crippen molar-refractivity contribution in [3.8, 4) is 28.7 Å². The van der Waals surface area contributed by atoms with Gasteiger partial charge in [0.25, 0.3) is 5.56 Å². The molecule has 0 bridgehead atoms. The molecule has 151 valence electrons. The van der Waals surface area contributed by atoms with Crippen LogP contribution in [0.2, 0.25) is 0 Å². The molecular formula is C23H33N2O2Y-. The molecule has 0 unspecified atom stereocenters. The number of ether oxygens (including phenoxy) is 1. The summed E-state index contributed by atoms with van der Waals surface area (Å²) in [6.45, 7) is 14.6. The third-order valence-electron chi connectivity index (χ3n) is 3.69. The van der Waals surface area contributed by atoms with Gasteiger partial charge in [0, 0.05) is 39.3 Å². The van der Waals surface area contributed by atoms with Crippen molar-refractivity contribution in [2.75, 3.05) is 6.61 Å². The number of hydrogen-bond donors (Lipinski definition) is 0. The first kappa shape index (κ1) is 28.8. The molecule has 0 saturated heterocycles. The number of benzene rings is 1. The molecule has 0 aliphatic heterocycles. The molecule has 0 aliphatic carbocycles. The minimum absolute atomic E-state index is 0. The zero-order chi connectivity index (χ0) is 19.7. The first-order valence-electron chi connectivity index (χ1n) is 9.15. The van der Waals surface area contributed by atoms with E-state index in [2.05, 4.69) is 30.8 Å². The van der Waals surface area contributed by atoms with Gasteiger partial charge in [-0.15, -0.1) is 5.92 Å². The van der Waals surface area contributed by atoms with Gasteiger partial charge in [-0.1, -0.05) is 57.9 Å². The summed E-state index contributed by atoms with van der Waals surface area (Å²) >= 11 is 0. The minimum atomic E-state index is -0.122. The molecule has 4 nitrogen and oxygen atoms in total. The zero-order valence-electron chi connectivity index (χ0n) is 18.6. The monoisotopic (exact) mass is 458 g/mol. The van der Waals surface area contributed by atoms with Crippen LogP contribution in [0.4, 0.5) is 0 Å². The maximum Gasteiger partial charge on any atom is 0.278 e. The molecule has 2 rings (SSSR count). The van der Waals surface area contributed by atoms with Gasteiger partial charge in [-0.2, -0.15) is 5.10 Å². The fourth-order valence-corrected chi connectivity index (χ4v) is 2.60. The Hall–Kier alpha value is -1.44. The average Bonchev–Trinajstić information content (AvgIpc) is 2.61. The Kier molecular flexibility index (Phi) is 14.9. The maximum absolute atomic E-state index is 13.0. The minimum Gasteiger partial charge on any atom is -0.478 e. The van der Waals surface area contributed by atoms with Crippen molar-refractivity contribution in [2.24, 2.45) is 5.92 Å². The van der Waals surface area contributed by atoms with Crippen LogP contribution in [0.1, 0.15) is 45.9 Å². The van der Waals surface area contributed by atoms with Crippen LogP contribution >= 0.6 is 0 Å². The van der Waals surface area contributed by atoms with Crippen molar-refractivity contribution >= 4 is 0 Å². The molecule has 28 heavy (non-hydrogen) atoms. The van der Waals surface area contributed by atoms with Gasteiger partial charge in [0.2, 0.25) is 0 Å². The van der Waals surface area contributed by atoms with Crippen LogP contribution in [0, 0.1) is 39.0 Å². The SMILES string of the molecule is CC.CC#CCOc1c(C)nn(CC(C)C)c(=O)c1-c1ccccc1C.[CH3-].[Y]. The Balaban J connectivity index is 0. The van der Waals surface area contributed by atoms with E-state index in [9.17, 15) is 4.79 Å². The van der Waals surface area contributed by atoms with E-state index in [4.69, 9.17) is 4.74 Å². The van der Waals surface area contributed by atoms with E-state index in [0.717, 1.165) is 11.1 Å². The van der Waals surface area contributed by atoms with Gasteiger partial charge in [-0.05, 0) is 37.8 Å². The van der Waals surface area contributed by atoms with Crippen molar-refractivity contribution in [3.05, 3.63) is 53.3 Å². The van der Waals surface area contributed by atoms with Crippen LogP contribution in [0.3, 0.4) is 0 Å². The molecule has 1 aromatic carbocycles. The maximum atomic E-state index is 13.0. The molecule has 0 fully saturated rings. The Morgan fingerprint density at radius 3 is 2.32 bits per heavy atom. The Bertz CT molecular complexity index is 846. The van der Waals surface area contributed by atoms with E-state index >= 15 is 0 Å². The largest absolute Gasteiger partial charge is 0.478 e. The molecule has 1 heterocycles. The second kappa shape index (κ2) is 14.5. The first-order chi connectivity index (χ1) is 12.5. The van der Waals surface area contributed by atoms with Crippen LogP contribution in [-0.2, 0) is 39.3 Å². The van der Waals surface area contributed by atoms with Crippen LogP contribution in [0.5, 0.6) is 5.75 Å². The summed E-state index contributed by atoms with van der Waals surface area (Å²) in [4.78, 5) is 13.0. The molecular weight excluding hydrogens is 425 g/mol. The van der Waals surface area contributed by atoms with Crippen molar-refractivity contribution in [1.29, 1.82) is 0 Å². The fourth-order valence-electron chi connectivity index (χ4n) is 2.60. The van der Waals surface area contributed by atoms with E-state index in [1.807, 2.05) is 52.0 Å². The molecule has 0 atom stereocenters. The van der Waals surface area contributed by atoms with Gasteiger partial charge in [0.15, 0.2) is 5.75 Å². The normalized spacial score (nSPS) is 9.14. The molecule has 1 radical (unpaired) electrons. The summed E-state index contributed by atoms with van der Waals surface area (Å²) in [5.41, 5.74) is 3.06. The summed E-state index contributed by atoms with van der Waals surface area (Å²) in [5, 5.41) is 4.44. The standard InChI is InChI=1S/C20H24N2O2.C2H6.CH3.Y/c1-6-7-12-24-19-16(5)21-22(13-14(2)3)20(23)18(19)17-11-9-8-10-15(17)4;1-2;;/h8-11,14H,12-13H2,1-5H3;1-2H3;1H3;/q;;-1;. The van der Waals surface area contributed by atoms with Gasteiger partial charge in [-0.25, -0.2) is 4.68 Å². The number of aromatic nitrogens is 2. The smallest absolute Gasteiger partial charge is 0.278 e. The molecule has 0 aliphatic rings. The zero-order valence-corrected chi connectivity index (χ0v) is 21.4. The third kappa shape index (κ3) is 7.53. The number of rotatable bonds is 5. The van der Waals surface area contributed by atoms with Gasteiger partial charge in [0.1, 0.15) is 12.3 Å². The van der Waals surface area contributed by atoms with Gasteiger partial charge < -0.3 is 12.2 Å². The third-order valence-corrected chi connectivity index (χ3v) is 3.69. The van der Waals surface area contributed by atoms with E-state index in [1.165, 1.54) is 0 Å². The topological polar surface area (TPSA) is 44.1 Å². The average molecular weight is 458 g/mol. The van der Waals surface area contributed by atoms with Crippen LogP contribution in [0.15, 0.2) is 29.1 Å². The van der Waals surface area contributed by atoms with Crippen LogP contribution in [0.25, 0.3) is 11.1 Å². The molecule has 0 saturated carbocycles. The van der Waals surface area contributed by atoms with Gasteiger partial charge in [-0.3, -0.25) is 4.79 Å². The van der Waals surface area contributed by atoms with E-state index in [1.54, 1.807) is 11.6 Å². The molecule has 0 spiro atoms. The quantitative estimate of drug-likeness (QED) is 0.465. The number of hydrogen-bond acceptors (Lipinski definition) is 3.